The van der Waals surface area contributed by atoms with Gasteiger partial charge in [0.25, 0.3) is 0 Å². The Morgan fingerprint density at radius 2 is 2.62 bits per heavy atom. The Hall–Kier alpha value is -0.0600. The monoisotopic (exact) mass is 225 g/mol. The van der Waals surface area contributed by atoms with Crippen LogP contribution in [-0.4, -0.2) is 5.90 Å². The van der Waals surface area contributed by atoms with Crippen molar-refractivity contribution < 1.29 is 4.74 Å². The average Bonchev–Trinajstić information content (AvgIpc) is 1.83. The minimum atomic E-state index is 0.709. The molecule has 3 heteroatoms. The third kappa shape index (κ3) is 3.01. The van der Waals surface area contributed by atoms with E-state index in [4.69, 9.17) is 4.74 Å². The van der Waals surface area contributed by atoms with Crippen molar-refractivity contribution in [1.29, 1.82) is 0 Å². The molecule has 0 spiro atoms. The molecule has 0 aromatic rings. The zero-order valence-electron chi connectivity index (χ0n) is 4.72. The molecule has 0 atom stereocenters. The molecule has 0 bridgehead atoms. The van der Waals surface area contributed by atoms with E-state index in [1.165, 1.54) is 6.26 Å². The van der Waals surface area contributed by atoms with Gasteiger partial charge in [0.15, 0.2) is 5.90 Å². The van der Waals surface area contributed by atoms with Gasteiger partial charge in [-0.15, -0.1) is 0 Å². The van der Waals surface area contributed by atoms with Crippen molar-refractivity contribution in [2.75, 3.05) is 0 Å². The molecule has 0 amide bonds. The van der Waals surface area contributed by atoms with Crippen LogP contribution in [0.25, 0.3) is 0 Å². The standard InChI is InChI=1S/C5H8INO/c1-3-5(7-6)8-4-2/h4H,2-3H2,1H3. The van der Waals surface area contributed by atoms with E-state index in [1.807, 2.05) is 29.8 Å². The first kappa shape index (κ1) is 7.94. The van der Waals surface area contributed by atoms with Gasteiger partial charge in [-0.25, -0.2) is 0 Å². The van der Waals surface area contributed by atoms with Gasteiger partial charge in [-0.3, -0.25) is 0 Å². The van der Waals surface area contributed by atoms with Gasteiger partial charge in [0, 0.05) is 6.42 Å². The Labute approximate surface area is 63.1 Å². The van der Waals surface area contributed by atoms with Crippen molar-refractivity contribution in [2.24, 2.45) is 3.21 Å². The third-order valence-electron chi connectivity index (χ3n) is 0.616. The Kier molecular flexibility index (Phi) is 5.05. The highest BCUT2D eigenvalue weighted by Gasteiger charge is 1.88. The van der Waals surface area contributed by atoms with Crippen LogP contribution < -0.4 is 0 Å². The average molecular weight is 225 g/mol. The molecule has 0 aromatic carbocycles. The predicted octanol–water partition coefficient (Wildman–Crippen LogP) is 2.31. The number of rotatable bonds is 2. The first-order valence-electron chi connectivity index (χ1n) is 2.30. The van der Waals surface area contributed by atoms with E-state index in [2.05, 4.69) is 9.78 Å². The summed E-state index contributed by atoms with van der Waals surface area (Å²) in [5, 5.41) is 0. The molecule has 0 saturated heterocycles. The molecule has 2 nitrogen and oxygen atoms in total. The molecule has 0 N–H and O–H groups in total. The largest absolute Gasteiger partial charge is 0.451 e. The number of nitrogens with zero attached hydrogens (tertiary/aromatic N) is 1. The lowest BCUT2D eigenvalue weighted by Crippen LogP contribution is -1.94. The van der Waals surface area contributed by atoms with E-state index in [1.54, 1.807) is 0 Å². The predicted molar refractivity (Wildman–Crippen MR) is 43.0 cm³/mol. The van der Waals surface area contributed by atoms with Gasteiger partial charge in [-0.2, -0.15) is 3.21 Å². The second-order valence-electron chi connectivity index (χ2n) is 1.12. The molecule has 0 fully saturated rings. The highest BCUT2D eigenvalue weighted by molar-refractivity contribution is 14.1. The third-order valence-corrected chi connectivity index (χ3v) is 1.15. The molecule has 0 unspecified atom stereocenters. The summed E-state index contributed by atoms with van der Waals surface area (Å²) < 4.78 is 8.64. The van der Waals surface area contributed by atoms with Gasteiger partial charge < -0.3 is 4.74 Å². The van der Waals surface area contributed by atoms with Crippen LogP contribution >= 0.6 is 22.9 Å². The Bertz CT molecular complexity index is 101. The molecule has 0 rings (SSSR count). The van der Waals surface area contributed by atoms with E-state index >= 15 is 0 Å². The van der Waals surface area contributed by atoms with E-state index in [-0.39, 0.29) is 0 Å². The van der Waals surface area contributed by atoms with Crippen LogP contribution in [0.3, 0.4) is 0 Å². The van der Waals surface area contributed by atoms with Crippen LogP contribution in [0.15, 0.2) is 16.0 Å². The molecule has 46 valence electrons. The van der Waals surface area contributed by atoms with Crippen molar-refractivity contribution in [1.82, 2.24) is 0 Å². The van der Waals surface area contributed by atoms with Crippen LogP contribution in [0.5, 0.6) is 0 Å². The van der Waals surface area contributed by atoms with Gasteiger partial charge in [0.2, 0.25) is 0 Å². The van der Waals surface area contributed by atoms with Crippen molar-refractivity contribution in [3.05, 3.63) is 12.8 Å². The maximum Gasteiger partial charge on any atom is 0.198 e. The number of halogens is 1. The topological polar surface area (TPSA) is 21.6 Å². The first-order valence-corrected chi connectivity index (χ1v) is 3.27. The van der Waals surface area contributed by atoms with E-state index in [0.29, 0.717) is 5.90 Å². The Morgan fingerprint density at radius 3 is 2.75 bits per heavy atom. The molecule has 8 heavy (non-hydrogen) atoms. The normalized spacial score (nSPS) is 11.0. The van der Waals surface area contributed by atoms with E-state index < -0.39 is 0 Å². The van der Waals surface area contributed by atoms with Crippen LogP contribution in [0.4, 0.5) is 0 Å². The smallest absolute Gasteiger partial charge is 0.198 e. The molecule has 0 aliphatic heterocycles. The highest BCUT2D eigenvalue weighted by atomic mass is 127. The second-order valence-corrected chi connectivity index (χ2v) is 1.60. The Balaban J connectivity index is 3.53. The van der Waals surface area contributed by atoms with Crippen molar-refractivity contribution in [2.45, 2.75) is 13.3 Å². The summed E-state index contributed by atoms with van der Waals surface area (Å²) in [6.07, 6.45) is 2.19. The lowest BCUT2D eigenvalue weighted by molar-refractivity contribution is 0.464. The summed E-state index contributed by atoms with van der Waals surface area (Å²) in [6.45, 7) is 5.36. The molecule has 0 aromatic heterocycles. The lowest BCUT2D eigenvalue weighted by Gasteiger charge is -1.95. The summed E-state index contributed by atoms with van der Waals surface area (Å²) >= 11 is 1.89. The number of ether oxygens (including phenoxy) is 1. The van der Waals surface area contributed by atoms with Gasteiger partial charge in [-0.1, -0.05) is 13.5 Å². The zero-order valence-corrected chi connectivity index (χ0v) is 6.88. The lowest BCUT2D eigenvalue weighted by atomic mass is 10.5. The summed E-state index contributed by atoms with van der Waals surface area (Å²) in [4.78, 5) is 0. The molecule has 0 aliphatic carbocycles. The summed E-state index contributed by atoms with van der Waals surface area (Å²) in [5.41, 5.74) is 0. The van der Waals surface area contributed by atoms with Crippen molar-refractivity contribution >= 4 is 28.8 Å². The van der Waals surface area contributed by atoms with E-state index in [0.717, 1.165) is 6.42 Å². The van der Waals surface area contributed by atoms with Gasteiger partial charge in [0.1, 0.15) is 0 Å². The second kappa shape index (κ2) is 5.08. The van der Waals surface area contributed by atoms with Crippen molar-refractivity contribution in [3.63, 3.8) is 0 Å². The SMILES string of the molecule is C=COC(CC)=NI. The summed E-state index contributed by atoms with van der Waals surface area (Å²) in [7, 11) is 0. The van der Waals surface area contributed by atoms with Gasteiger partial charge in [0.05, 0.1) is 29.1 Å². The maximum atomic E-state index is 4.85. The molecule has 0 heterocycles. The molecular weight excluding hydrogens is 217 g/mol. The van der Waals surface area contributed by atoms with Crippen LogP contribution in [0.1, 0.15) is 13.3 Å². The number of hydrogen-bond acceptors (Lipinski definition) is 2. The fourth-order valence-electron chi connectivity index (χ4n) is 0.259. The quantitative estimate of drug-likeness (QED) is 0.306. The van der Waals surface area contributed by atoms with Crippen molar-refractivity contribution in [3.8, 4) is 0 Å². The molecule has 0 aliphatic rings. The van der Waals surface area contributed by atoms with Crippen LogP contribution in [0.2, 0.25) is 0 Å². The van der Waals surface area contributed by atoms with Crippen LogP contribution in [0, 0.1) is 0 Å². The van der Waals surface area contributed by atoms with Gasteiger partial charge >= 0.3 is 0 Å². The van der Waals surface area contributed by atoms with E-state index in [9.17, 15) is 0 Å². The number of hydrogen-bond donors (Lipinski definition) is 0. The molecule has 0 radical (unpaired) electrons. The summed E-state index contributed by atoms with van der Waals surface area (Å²) in [5.74, 6) is 0.709. The van der Waals surface area contributed by atoms with Crippen LogP contribution in [-0.2, 0) is 4.74 Å². The fraction of sp³-hybridized carbons (Fsp3) is 0.400. The summed E-state index contributed by atoms with van der Waals surface area (Å²) in [6, 6.07) is 0. The fourth-order valence-corrected chi connectivity index (χ4v) is 0.714. The Morgan fingerprint density at radius 1 is 2.00 bits per heavy atom. The minimum absolute atomic E-state index is 0.709. The minimum Gasteiger partial charge on any atom is -0.451 e. The first-order chi connectivity index (χ1) is 3.85. The highest BCUT2D eigenvalue weighted by Crippen LogP contribution is 1.93. The molecular formula is C5H8INO. The zero-order chi connectivity index (χ0) is 6.41. The molecule has 0 saturated carbocycles. The van der Waals surface area contributed by atoms with Gasteiger partial charge in [-0.05, 0) is 0 Å². The maximum absolute atomic E-state index is 4.85.